The van der Waals surface area contributed by atoms with Crippen molar-refractivity contribution in [3.63, 3.8) is 0 Å². The van der Waals surface area contributed by atoms with Crippen LogP contribution in [0.3, 0.4) is 0 Å². The highest BCUT2D eigenvalue weighted by Crippen LogP contribution is 2.13. The molecule has 2 N–H and O–H groups in total. The van der Waals surface area contributed by atoms with Crippen LogP contribution in [0.4, 0.5) is 0 Å². The lowest BCUT2D eigenvalue weighted by Crippen LogP contribution is -2.04. The monoisotopic (exact) mass is 231 g/mol. The Morgan fingerprint density at radius 3 is 2.76 bits per heavy atom. The summed E-state index contributed by atoms with van der Waals surface area (Å²) in [5.74, 6) is 1.34. The molecule has 0 spiro atoms. The number of rotatable bonds is 4. The third kappa shape index (κ3) is 2.91. The lowest BCUT2D eigenvalue weighted by molar-refractivity contribution is 0.379. The Hall–Kier alpha value is -1.68. The van der Waals surface area contributed by atoms with Crippen LogP contribution in [0.5, 0.6) is 0 Å². The molecule has 0 saturated carbocycles. The molecule has 0 aliphatic carbocycles. The second-order valence-electron chi connectivity index (χ2n) is 4.24. The van der Waals surface area contributed by atoms with Crippen molar-refractivity contribution in [1.82, 2.24) is 10.1 Å². The fourth-order valence-electron chi connectivity index (χ4n) is 1.68. The van der Waals surface area contributed by atoms with E-state index in [4.69, 9.17) is 10.3 Å². The van der Waals surface area contributed by atoms with Crippen molar-refractivity contribution in [2.75, 3.05) is 6.54 Å². The van der Waals surface area contributed by atoms with Gasteiger partial charge in [-0.2, -0.15) is 4.98 Å². The summed E-state index contributed by atoms with van der Waals surface area (Å²) in [5.41, 5.74) is 9.20. The van der Waals surface area contributed by atoms with E-state index in [2.05, 4.69) is 42.2 Å². The number of nitrogens with two attached hydrogens (primary N) is 1. The highest BCUT2D eigenvalue weighted by Gasteiger charge is 2.07. The number of nitrogens with zero attached hydrogens (tertiary/aromatic N) is 2. The number of aryl methyl sites for hydroxylation is 2. The second-order valence-corrected chi connectivity index (χ2v) is 4.24. The normalized spacial score (nSPS) is 10.8. The van der Waals surface area contributed by atoms with Crippen LogP contribution < -0.4 is 5.73 Å². The lowest BCUT2D eigenvalue weighted by atomic mass is 10.0. The minimum atomic E-state index is 0.544. The maximum atomic E-state index is 5.44. The van der Waals surface area contributed by atoms with Gasteiger partial charge in [0.15, 0.2) is 5.82 Å². The van der Waals surface area contributed by atoms with E-state index in [1.54, 1.807) is 0 Å². The van der Waals surface area contributed by atoms with Gasteiger partial charge in [0.05, 0.1) is 6.42 Å². The van der Waals surface area contributed by atoms with E-state index in [0.29, 0.717) is 31.1 Å². The molecule has 1 aromatic heterocycles. The summed E-state index contributed by atoms with van der Waals surface area (Å²) in [6.07, 6.45) is 1.34. The lowest BCUT2D eigenvalue weighted by Gasteiger charge is -2.02. The van der Waals surface area contributed by atoms with Gasteiger partial charge in [-0.25, -0.2) is 0 Å². The van der Waals surface area contributed by atoms with Crippen LogP contribution in [0, 0.1) is 13.8 Å². The molecule has 1 heterocycles. The van der Waals surface area contributed by atoms with Crippen molar-refractivity contribution in [3.8, 4) is 0 Å². The zero-order valence-electron chi connectivity index (χ0n) is 10.2. The first-order valence-corrected chi connectivity index (χ1v) is 5.76. The number of aromatic nitrogens is 2. The average Bonchev–Trinajstić information content (AvgIpc) is 2.72. The van der Waals surface area contributed by atoms with Gasteiger partial charge in [0.1, 0.15) is 0 Å². The van der Waals surface area contributed by atoms with Crippen LogP contribution in [-0.4, -0.2) is 16.7 Å². The Morgan fingerprint density at radius 2 is 2.06 bits per heavy atom. The molecule has 0 atom stereocenters. The molecule has 90 valence electrons. The molecule has 4 heteroatoms. The van der Waals surface area contributed by atoms with Crippen LogP contribution in [0.15, 0.2) is 22.7 Å². The van der Waals surface area contributed by atoms with Crippen molar-refractivity contribution >= 4 is 0 Å². The van der Waals surface area contributed by atoms with Gasteiger partial charge in [0.25, 0.3) is 0 Å². The van der Waals surface area contributed by atoms with E-state index in [1.165, 1.54) is 16.7 Å². The Bertz CT molecular complexity index is 505. The van der Waals surface area contributed by atoms with Crippen LogP contribution in [0.1, 0.15) is 28.4 Å². The highest BCUT2D eigenvalue weighted by molar-refractivity contribution is 5.31. The van der Waals surface area contributed by atoms with Crippen molar-refractivity contribution in [3.05, 3.63) is 46.6 Å². The largest absolute Gasteiger partial charge is 0.339 e. The number of hydrogen-bond donors (Lipinski definition) is 1. The van der Waals surface area contributed by atoms with E-state index in [-0.39, 0.29) is 0 Å². The number of hydrogen-bond acceptors (Lipinski definition) is 4. The fraction of sp³-hybridized carbons (Fsp3) is 0.385. The Labute approximate surface area is 101 Å². The zero-order chi connectivity index (χ0) is 12.3. The van der Waals surface area contributed by atoms with E-state index in [1.807, 2.05) is 0 Å². The standard InChI is InChI=1S/C13H17N3O/c1-9-3-4-11(7-10(9)2)8-13-15-12(5-6-14)16-17-13/h3-4,7H,5-6,8,14H2,1-2H3. The molecule has 0 saturated heterocycles. The molecule has 2 rings (SSSR count). The van der Waals surface area contributed by atoms with Crippen LogP contribution in [0.2, 0.25) is 0 Å². The Kier molecular flexibility index (Phi) is 3.54. The van der Waals surface area contributed by atoms with Gasteiger partial charge in [-0.1, -0.05) is 23.4 Å². The molecule has 17 heavy (non-hydrogen) atoms. The minimum Gasteiger partial charge on any atom is -0.339 e. The predicted octanol–water partition coefficient (Wildman–Crippen LogP) is 1.78. The van der Waals surface area contributed by atoms with Gasteiger partial charge in [0, 0.05) is 6.42 Å². The van der Waals surface area contributed by atoms with Crippen molar-refractivity contribution in [2.24, 2.45) is 5.73 Å². The first-order valence-electron chi connectivity index (χ1n) is 5.76. The molecule has 0 fully saturated rings. The molecular weight excluding hydrogens is 214 g/mol. The van der Waals surface area contributed by atoms with Gasteiger partial charge < -0.3 is 10.3 Å². The van der Waals surface area contributed by atoms with E-state index < -0.39 is 0 Å². The fourth-order valence-corrected chi connectivity index (χ4v) is 1.68. The van der Waals surface area contributed by atoms with Gasteiger partial charge in [-0.15, -0.1) is 0 Å². The summed E-state index contributed by atoms with van der Waals surface area (Å²) in [6, 6.07) is 6.36. The summed E-state index contributed by atoms with van der Waals surface area (Å²) in [6.45, 7) is 4.75. The van der Waals surface area contributed by atoms with Crippen molar-refractivity contribution in [2.45, 2.75) is 26.7 Å². The maximum absolute atomic E-state index is 5.44. The first kappa shape index (κ1) is 11.8. The second kappa shape index (κ2) is 5.10. The first-order chi connectivity index (χ1) is 8.19. The summed E-state index contributed by atoms with van der Waals surface area (Å²) >= 11 is 0. The van der Waals surface area contributed by atoms with Gasteiger partial charge >= 0.3 is 0 Å². The predicted molar refractivity (Wildman–Crippen MR) is 65.8 cm³/mol. The van der Waals surface area contributed by atoms with Gasteiger partial charge in [0.2, 0.25) is 5.89 Å². The SMILES string of the molecule is Cc1ccc(Cc2nc(CCN)no2)cc1C. The summed E-state index contributed by atoms with van der Waals surface area (Å²) in [4.78, 5) is 4.29. The molecule has 0 amide bonds. The zero-order valence-corrected chi connectivity index (χ0v) is 10.2. The van der Waals surface area contributed by atoms with Crippen molar-refractivity contribution < 1.29 is 4.52 Å². The van der Waals surface area contributed by atoms with Gasteiger partial charge in [-0.3, -0.25) is 0 Å². The van der Waals surface area contributed by atoms with Crippen LogP contribution >= 0.6 is 0 Å². The third-order valence-electron chi connectivity index (χ3n) is 2.80. The molecule has 0 aliphatic rings. The Morgan fingerprint density at radius 1 is 1.24 bits per heavy atom. The molecule has 0 bridgehead atoms. The molecule has 1 aromatic carbocycles. The molecule has 0 aliphatic heterocycles. The van der Waals surface area contributed by atoms with E-state index in [0.717, 1.165) is 0 Å². The molecule has 0 radical (unpaired) electrons. The molecule has 4 nitrogen and oxygen atoms in total. The highest BCUT2D eigenvalue weighted by atomic mass is 16.5. The Balaban J connectivity index is 2.11. The summed E-state index contributed by atoms with van der Waals surface area (Å²) in [7, 11) is 0. The number of benzene rings is 1. The molecular formula is C13H17N3O. The summed E-state index contributed by atoms with van der Waals surface area (Å²) in [5, 5.41) is 3.88. The average molecular weight is 231 g/mol. The van der Waals surface area contributed by atoms with Crippen molar-refractivity contribution in [1.29, 1.82) is 0 Å². The summed E-state index contributed by atoms with van der Waals surface area (Å²) < 4.78 is 5.17. The molecule has 2 aromatic rings. The van der Waals surface area contributed by atoms with Crippen LogP contribution in [-0.2, 0) is 12.8 Å². The van der Waals surface area contributed by atoms with Gasteiger partial charge in [-0.05, 0) is 37.1 Å². The smallest absolute Gasteiger partial charge is 0.231 e. The van der Waals surface area contributed by atoms with Crippen LogP contribution in [0.25, 0.3) is 0 Å². The van der Waals surface area contributed by atoms with E-state index in [9.17, 15) is 0 Å². The topological polar surface area (TPSA) is 64.9 Å². The molecule has 0 unspecified atom stereocenters. The third-order valence-corrected chi connectivity index (χ3v) is 2.80. The quantitative estimate of drug-likeness (QED) is 0.871. The maximum Gasteiger partial charge on any atom is 0.231 e. The minimum absolute atomic E-state index is 0.544. The van der Waals surface area contributed by atoms with E-state index >= 15 is 0 Å².